The van der Waals surface area contributed by atoms with E-state index in [0.29, 0.717) is 38.3 Å². The number of hydrogen-bond acceptors (Lipinski definition) is 4. The normalized spacial score (nSPS) is 25.0. The molecule has 4 rings (SSSR count). The van der Waals surface area contributed by atoms with Crippen molar-refractivity contribution < 1.29 is 18.7 Å². The molecule has 1 aromatic rings. The van der Waals surface area contributed by atoms with Gasteiger partial charge in [-0.1, -0.05) is 6.07 Å². The van der Waals surface area contributed by atoms with Crippen LogP contribution in [0.5, 0.6) is 0 Å². The summed E-state index contributed by atoms with van der Waals surface area (Å²) in [6, 6.07) is 5.78. The number of nitrogens with one attached hydrogen (secondary N) is 1. The van der Waals surface area contributed by atoms with Crippen LogP contribution in [0.2, 0.25) is 0 Å². The maximum absolute atomic E-state index is 13.4. The number of benzene rings is 1. The molecule has 3 aliphatic rings. The molecule has 3 fully saturated rings. The predicted octanol–water partition coefficient (Wildman–Crippen LogP) is 1.66. The fourth-order valence-electron chi connectivity index (χ4n) is 4.64. The number of nitrogens with zero attached hydrogens (tertiary/aromatic N) is 2. The van der Waals surface area contributed by atoms with E-state index in [1.807, 2.05) is 4.90 Å². The van der Waals surface area contributed by atoms with Crippen molar-refractivity contribution in [2.75, 3.05) is 45.9 Å². The van der Waals surface area contributed by atoms with E-state index >= 15 is 0 Å². The van der Waals surface area contributed by atoms with Gasteiger partial charge in [-0.05, 0) is 57.0 Å². The third-order valence-electron chi connectivity index (χ3n) is 6.24. The van der Waals surface area contributed by atoms with Crippen LogP contribution in [-0.2, 0) is 9.53 Å². The first-order valence-corrected chi connectivity index (χ1v) is 10.2. The highest BCUT2D eigenvalue weighted by atomic mass is 19.1. The largest absolute Gasteiger partial charge is 0.374 e. The van der Waals surface area contributed by atoms with Crippen molar-refractivity contribution in [3.05, 3.63) is 35.6 Å². The highest BCUT2D eigenvalue weighted by molar-refractivity contribution is 5.94. The average Bonchev–Trinajstić information content (AvgIpc) is 2.95. The molecule has 0 radical (unpaired) electrons. The van der Waals surface area contributed by atoms with Crippen LogP contribution in [0.3, 0.4) is 0 Å². The van der Waals surface area contributed by atoms with E-state index in [4.69, 9.17) is 4.74 Å². The van der Waals surface area contributed by atoms with Crippen molar-refractivity contribution in [3.63, 3.8) is 0 Å². The summed E-state index contributed by atoms with van der Waals surface area (Å²) in [4.78, 5) is 29.3. The number of carbonyl (C=O) groups is 2. The second-order valence-corrected chi connectivity index (χ2v) is 8.13. The average molecular weight is 389 g/mol. The van der Waals surface area contributed by atoms with Gasteiger partial charge in [0, 0.05) is 31.7 Å². The van der Waals surface area contributed by atoms with Crippen molar-refractivity contribution in [2.45, 2.75) is 31.3 Å². The number of hydrogen-bond donors (Lipinski definition) is 1. The Labute approximate surface area is 165 Å². The highest BCUT2D eigenvalue weighted by Crippen LogP contribution is 2.37. The summed E-state index contributed by atoms with van der Waals surface area (Å²) >= 11 is 0. The maximum Gasteiger partial charge on any atom is 0.254 e. The minimum absolute atomic E-state index is 0.0800. The van der Waals surface area contributed by atoms with Crippen LogP contribution >= 0.6 is 0 Å². The summed E-state index contributed by atoms with van der Waals surface area (Å²) in [7, 11) is 0. The standard InChI is InChI=1S/C21H28FN3O3/c22-18-4-1-3-16(13-18)19(26)24-9-2-10-25(12-11-24)20(27)17-14-21(28-15-17)5-7-23-8-6-21/h1,3-4,13,17,23H,2,5-12,14-15H2. The molecule has 0 saturated carbocycles. The van der Waals surface area contributed by atoms with Crippen LogP contribution in [0.1, 0.15) is 36.0 Å². The van der Waals surface area contributed by atoms with Gasteiger partial charge in [-0.15, -0.1) is 0 Å². The molecule has 0 bridgehead atoms. The van der Waals surface area contributed by atoms with Crippen LogP contribution in [0.4, 0.5) is 4.39 Å². The summed E-state index contributed by atoms with van der Waals surface area (Å²) < 4.78 is 19.5. The molecule has 0 aromatic heterocycles. The van der Waals surface area contributed by atoms with Gasteiger partial charge in [-0.3, -0.25) is 9.59 Å². The number of halogens is 1. The zero-order valence-electron chi connectivity index (χ0n) is 16.2. The molecule has 6 nitrogen and oxygen atoms in total. The SMILES string of the molecule is O=C(c1cccc(F)c1)N1CCCN(C(=O)C2COC3(CCNCC3)C2)CC1. The zero-order valence-corrected chi connectivity index (χ0v) is 16.2. The number of carbonyl (C=O) groups excluding carboxylic acids is 2. The molecule has 1 aromatic carbocycles. The van der Waals surface area contributed by atoms with E-state index < -0.39 is 5.82 Å². The van der Waals surface area contributed by atoms with Crippen molar-refractivity contribution >= 4 is 11.8 Å². The molecule has 0 aliphatic carbocycles. The second kappa shape index (κ2) is 8.17. The van der Waals surface area contributed by atoms with Gasteiger partial charge in [0.1, 0.15) is 5.82 Å². The lowest BCUT2D eigenvalue weighted by Gasteiger charge is -2.33. The fourth-order valence-corrected chi connectivity index (χ4v) is 4.64. The minimum atomic E-state index is -0.412. The molecule has 3 aliphatic heterocycles. The van der Waals surface area contributed by atoms with Crippen molar-refractivity contribution in [1.82, 2.24) is 15.1 Å². The molecule has 3 saturated heterocycles. The first-order chi connectivity index (χ1) is 13.6. The number of ether oxygens (including phenoxy) is 1. The van der Waals surface area contributed by atoms with Gasteiger partial charge in [0.05, 0.1) is 18.1 Å². The Kier molecular flexibility index (Phi) is 5.64. The Morgan fingerprint density at radius 2 is 1.86 bits per heavy atom. The van der Waals surface area contributed by atoms with Crippen LogP contribution in [0.15, 0.2) is 24.3 Å². The Balaban J connectivity index is 1.35. The van der Waals surface area contributed by atoms with E-state index in [0.717, 1.165) is 38.8 Å². The van der Waals surface area contributed by atoms with Crippen LogP contribution < -0.4 is 5.32 Å². The van der Waals surface area contributed by atoms with E-state index in [9.17, 15) is 14.0 Å². The first-order valence-electron chi connectivity index (χ1n) is 10.2. The molecule has 152 valence electrons. The quantitative estimate of drug-likeness (QED) is 0.836. The van der Waals surface area contributed by atoms with Crippen molar-refractivity contribution in [2.24, 2.45) is 5.92 Å². The molecule has 7 heteroatoms. The summed E-state index contributed by atoms with van der Waals surface area (Å²) in [5, 5.41) is 3.35. The number of amides is 2. The second-order valence-electron chi connectivity index (χ2n) is 8.13. The summed E-state index contributed by atoms with van der Waals surface area (Å²) in [6.07, 6.45) is 3.46. The third-order valence-corrected chi connectivity index (χ3v) is 6.24. The summed E-state index contributed by atoms with van der Waals surface area (Å²) in [5.74, 6) is -0.517. The molecule has 1 N–H and O–H groups in total. The lowest BCUT2D eigenvalue weighted by atomic mass is 9.85. The van der Waals surface area contributed by atoms with Gasteiger partial charge in [0.2, 0.25) is 5.91 Å². The Hall–Kier alpha value is -1.99. The zero-order chi connectivity index (χ0) is 19.6. The molecule has 28 heavy (non-hydrogen) atoms. The van der Waals surface area contributed by atoms with Crippen molar-refractivity contribution in [1.29, 1.82) is 0 Å². The maximum atomic E-state index is 13.4. The molecular formula is C21H28FN3O3. The van der Waals surface area contributed by atoms with Crippen LogP contribution in [0.25, 0.3) is 0 Å². The lowest BCUT2D eigenvalue weighted by molar-refractivity contribution is -0.135. The van der Waals surface area contributed by atoms with E-state index in [1.54, 1.807) is 17.0 Å². The van der Waals surface area contributed by atoms with Gasteiger partial charge in [-0.2, -0.15) is 0 Å². The molecule has 1 spiro atoms. The topological polar surface area (TPSA) is 61.9 Å². The highest BCUT2D eigenvalue weighted by Gasteiger charge is 2.44. The summed E-state index contributed by atoms with van der Waals surface area (Å²) in [6.45, 7) is 4.62. The van der Waals surface area contributed by atoms with Gasteiger partial charge >= 0.3 is 0 Å². The third kappa shape index (κ3) is 4.05. The molecule has 1 unspecified atom stereocenters. The van der Waals surface area contributed by atoms with Crippen LogP contribution in [-0.4, -0.2) is 73.1 Å². The van der Waals surface area contributed by atoms with E-state index in [1.165, 1.54) is 12.1 Å². The van der Waals surface area contributed by atoms with Gasteiger partial charge in [0.15, 0.2) is 0 Å². The minimum Gasteiger partial charge on any atom is -0.374 e. The Bertz CT molecular complexity index is 735. The smallest absolute Gasteiger partial charge is 0.254 e. The Morgan fingerprint density at radius 1 is 1.11 bits per heavy atom. The number of piperidine rings is 1. The van der Waals surface area contributed by atoms with E-state index in [2.05, 4.69) is 5.32 Å². The molecule has 3 heterocycles. The molecular weight excluding hydrogens is 361 g/mol. The lowest BCUT2D eigenvalue weighted by Crippen LogP contribution is -2.43. The first kappa shape index (κ1) is 19.3. The monoisotopic (exact) mass is 389 g/mol. The Morgan fingerprint density at radius 3 is 2.64 bits per heavy atom. The van der Waals surface area contributed by atoms with Crippen LogP contribution in [0, 0.1) is 11.7 Å². The number of rotatable bonds is 2. The summed E-state index contributed by atoms with van der Waals surface area (Å²) in [5.41, 5.74) is 0.230. The van der Waals surface area contributed by atoms with Gasteiger partial charge in [0.25, 0.3) is 5.91 Å². The van der Waals surface area contributed by atoms with Gasteiger partial charge < -0.3 is 19.9 Å². The predicted molar refractivity (Wildman–Crippen MR) is 102 cm³/mol. The van der Waals surface area contributed by atoms with Crippen molar-refractivity contribution in [3.8, 4) is 0 Å². The molecule has 2 amide bonds. The fraction of sp³-hybridized carbons (Fsp3) is 0.619. The molecule has 1 atom stereocenters. The van der Waals surface area contributed by atoms with Gasteiger partial charge in [-0.25, -0.2) is 4.39 Å². The van der Waals surface area contributed by atoms with E-state index in [-0.39, 0.29) is 23.3 Å².